The number of benzene rings is 2. The molecule has 2 amide bonds. The van der Waals surface area contributed by atoms with E-state index in [-0.39, 0.29) is 18.4 Å². The quantitative estimate of drug-likeness (QED) is 0.667. The second-order valence-electron chi connectivity index (χ2n) is 8.30. The molecule has 0 radical (unpaired) electrons. The third-order valence-corrected chi connectivity index (χ3v) is 6.09. The van der Waals surface area contributed by atoms with Crippen LogP contribution in [0.1, 0.15) is 19.3 Å². The Morgan fingerprint density at radius 3 is 2.32 bits per heavy atom. The smallest absolute Gasteiger partial charge is 0.265 e. The summed E-state index contributed by atoms with van der Waals surface area (Å²) in [6.45, 7) is 1.86. The molecule has 2 aromatic carbocycles. The summed E-state index contributed by atoms with van der Waals surface area (Å²) in [6, 6.07) is 10.8. The standard InChI is InChI=1S/C25H31N3O6/c1-31-20-13-17(14-21(32-2)24(20)33-3)26-23(29)16-28-15-22(25(30)27-11-7-4-8-12-27)34-19-10-6-5-9-18(19)28/h5-6,9-10,13-14,22H,4,7-8,11-12,15-16H2,1-3H3,(H,26,29). The molecule has 1 saturated heterocycles. The molecule has 2 aliphatic heterocycles. The Morgan fingerprint density at radius 1 is 1.00 bits per heavy atom. The topological polar surface area (TPSA) is 89.6 Å². The maximum absolute atomic E-state index is 13.1. The van der Waals surface area contributed by atoms with Gasteiger partial charge in [-0.25, -0.2) is 0 Å². The molecule has 1 atom stereocenters. The highest BCUT2D eigenvalue weighted by Crippen LogP contribution is 2.40. The van der Waals surface area contributed by atoms with Crippen LogP contribution in [0.15, 0.2) is 36.4 Å². The SMILES string of the molecule is COc1cc(NC(=O)CN2CC(C(=O)N3CCCCC3)Oc3ccccc32)cc(OC)c1OC. The average molecular weight is 470 g/mol. The van der Waals surface area contributed by atoms with E-state index >= 15 is 0 Å². The van der Waals surface area contributed by atoms with Gasteiger partial charge in [0.05, 0.1) is 40.1 Å². The van der Waals surface area contributed by atoms with Crippen LogP contribution in [0.5, 0.6) is 23.0 Å². The fourth-order valence-electron chi connectivity index (χ4n) is 4.43. The lowest BCUT2D eigenvalue weighted by Crippen LogP contribution is -2.52. The second kappa shape index (κ2) is 10.5. The fourth-order valence-corrected chi connectivity index (χ4v) is 4.43. The Morgan fingerprint density at radius 2 is 1.68 bits per heavy atom. The van der Waals surface area contributed by atoms with Crippen LogP contribution >= 0.6 is 0 Å². The van der Waals surface area contributed by atoms with Crippen molar-refractivity contribution in [2.75, 3.05) is 57.7 Å². The minimum Gasteiger partial charge on any atom is -0.493 e. The number of carbonyl (C=O) groups excluding carboxylic acids is 2. The Kier molecular flexibility index (Phi) is 7.30. The zero-order valence-electron chi connectivity index (χ0n) is 19.8. The van der Waals surface area contributed by atoms with Gasteiger partial charge >= 0.3 is 0 Å². The van der Waals surface area contributed by atoms with Crippen molar-refractivity contribution in [3.8, 4) is 23.0 Å². The summed E-state index contributed by atoms with van der Waals surface area (Å²) in [6.07, 6.45) is 2.51. The number of likely N-dealkylation sites (tertiary alicyclic amines) is 1. The summed E-state index contributed by atoms with van der Waals surface area (Å²) in [5.41, 5.74) is 1.30. The Bertz CT molecular complexity index is 1010. The Labute approximate surface area is 199 Å². The van der Waals surface area contributed by atoms with E-state index in [0.29, 0.717) is 35.2 Å². The number of piperidine rings is 1. The van der Waals surface area contributed by atoms with Crippen LogP contribution < -0.4 is 29.2 Å². The van der Waals surface area contributed by atoms with Crippen LogP contribution in [-0.2, 0) is 9.59 Å². The molecule has 0 bridgehead atoms. The number of amides is 2. The Balaban J connectivity index is 1.50. The van der Waals surface area contributed by atoms with Gasteiger partial charge in [0.1, 0.15) is 5.75 Å². The minimum atomic E-state index is -0.651. The van der Waals surface area contributed by atoms with Crippen molar-refractivity contribution in [1.29, 1.82) is 0 Å². The molecule has 0 aromatic heterocycles. The van der Waals surface area contributed by atoms with E-state index < -0.39 is 6.10 Å². The summed E-state index contributed by atoms with van der Waals surface area (Å²) in [4.78, 5) is 29.9. The molecule has 0 aliphatic carbocycles. The summed E-state index contributed by atoms with van der Waals surface area (Å²) in [5.74, 6) is 1.68. The van der Waals surface area contributed by atoms with E-state index in [4.69, 9.17) is 18.9 Å². The molecule has 9 nitrogen and oxygen atoms in total. The number of fused-ring (bicyclic) bond motifs is 1. The molecule has 2 aliphatic rings. The number of ether oxygens (including phenoxy) is 4. The van der Waals surface area contributed by atoms with Crippen LogP contribution in [0, 0.1) is 0 Å². The van der Waals surface area contributed by atoms with E-state index in [0.717, 1.165) is 38.0 Å². The number of rotatable bonds is 7. The van der Waals surface area contributed by atoms with E-state index in [9.17, 15) is 9.59 Å². The third-order valence-electron chi connectivity index (χ3n) is 6.09. The molecule has 9 heteroatoms. The lowest BCUT2D eigenvalue weighted by Gasteiger charge is -2.38. The molecular formula is C25H31N3O6. The highest BCUT2D eigenvalue weighted by molar-refractivity contribution is 5.95. The number of para-hydroxylation sites is 2. The number of hydrogen-bond donors (Lipinski definition) is 1. The average Bonchev–Trinajstić information content (AvgIpc) is 2.87. The van der Waals surface area contributed by atoms with Gasteiger partial charge < -0.3 is 34.1 Å². The fraction of sp³-hybridized carbons (Fsp3) is 0.440. The predicted octanol–water partition coefficient (Wildman–Crippen LogP) is 2.93. The zero-order chi connectivity index (χ0) is 24.1. The maximum atomic E-state index is 13.1. The minimum absolute atomic E-state index is 0.0239. The molecule has 2 aromatic rings. The second-order valence-corrected chi connectivity index (χ2v) is 8.30. The maximum Gasteiger partial charge on any atom is 0.265 e. The van der Waals surface area contributed by atoms with Gasteiger partial charge in [0.25, 0.3) is 5.91 Å². The summed E-state index contributed by atoms with van der Waals surface area (Å²) in [5, 5.41) is 2.90. The molecular weight excluding hydrogens is 438 g/mol. The monoisotopic (exact) mass is 469 g/mol. The van der Waals surface area contributed by atoms with Gasteiger partial charge in [0.2, 0.25) is 11.7 Å². The number of anilines is 2. The van der Waals surface area contributed by atoms with Gasteiger partial charge in [0, 0.05) is 30.9 Å². The molecule has 0 saturated carbocycles. The van der Waals surface area contributed by atoms with Crippen LogP contribution in [0.2, 0.25) is 0 Å². The Hall–Kier alpha value is -3.62. The highest BCUT2D eigenvalue weighted by atomic mass is 16.5. The van der Waals surface area contributed by atoms with Gasteiger partial charge in [-0.3, -0.25) is 9.59 Å². The first-order valence-electron chi connectivity index (χ1n) is 11.4. The molecule has 4 rings (SSSR count). The molecule has 34 heavy (non-hydrogen) atoms. The first-order valence-corrected chi connectivity index (χ1v) is 11.4. The first-order chi connectivity index (χ1) is 16.5. The van der Waals surface area contributed by atoms with Crippen molar-refractivity contribution >= 4 is 23.2 Å². The predicted molar refractivity (Wildman–Crippen MR) is 128 cm³/mol. The highest BCUT2D eigenvalue weighted by Gasteiger charge is 2.34. The van der Waals surface area contributed by atoms with Crippen LogP contribution in [0.25, 0.3) is 0 Å². The lowest BCUT2D eigenvalue weighted by molar-refractivity contribution is -0.139. The van der Waals surface area contributed by atoms with Gasteiger partial charge in [-0.05, 0) is 31.4 Å². The lowest BCUT2D eigenvalue weighted by atomic mass is 10.1. The number of nitrogens with one attached hydrogen (secondary N) is 1. The summed E-state index contributed by atoms with van der Waals surface area (Å²) in [7, 11) is 4.57. The van der Waals surface area contributed by atoms with Crippen molar-refractivity contribution < 1.29 is 28.5 Å². The number of nitrogens with zero attached hydrogens (tertiary/aromatic N) is 2. The normalized spacial score (nSPS) is 17.3. The van der Waals surface area contributed by atoms with Crippen LogP contribution in [0.4, 0.5) is 11.4 Å². The van der Waals surface area contributed by atoms with Gasteiger partial charge in [0.15, 0.2) is 17.6 Å². The van der Waals surface area contributed by atoms with Crippen molar-refractivity contribution in [3.63, 3.8) is 0 Å². The summed E-state index contributed by atoms with van der Waals surface area (Å²) >= 11 is 0. The van der Waals surface area contributed by atoms with Crippen molar-refractivity contribution in [1.82, 2.24) is 4.90 Å². The molecule has 2 heterocycles. The summed E-state index contributed by atoms with van der Waals surface area (Å²) < 4.78 is 22.1. The number of methoxy groups -OCH3 is 3. The molecule has 0 spiro atoms. The largest absolute Gasteiger partial charge is 0.493 e. The third kappa shape index (κ3) is 4.98. The molecule has 1 N–H and O–H groups in total. The molecule has 1 unspecified atom stereocenters. The van der Waals surface area contributed by atoms with Crippen LogP contribution in [-0.4, -0.2) is 70.3 Å². The van der Waals surface area contributed by atoms with Gasteiger partial charge in [-0.15, -0.1) is 0 Å². The van der Waals surface area contributed by atoms with E-state index in [1.807, 2.05) is 34.1 Å². The zero-order valence-corrected chi connectivity index (χ0v) is 19.8. The van der Waals surface area contributed by atoms with Crippen molar-refractivity contribution in [2.24, 2.45) is 0 Å². The number of hydrogen-bond acceptors (Lipinski definition) is 7. The van der Waals surface area contributed by atoms with Crippen molar-refractivity contribution in [3.05, 3.63) is 36.4 Å². The van der Waals surface area contributed by atoms with Crippen molar-refractivity contribution in [2.45, 2.75) is 25.4 Å². The van der Waals surface area contributed by atoms with Gasteiger partial charge in [-0.1, -0.05) is 12.1 Å². The van der Waals surface area contributed by atoms with Gasteiger partial charge in [-0.2, -0.15) is 0 Å². The number of carbonyl (C=O) groups is 2. The van der Waals surface area contributed by atoms with Crippen LogP contribution in [0.3, 0.4) is 0 Å². The first kappa shape index (κ1) is 23.5. The molecule has 182 valence electrons. The van der Waals surface area contributed by atoms with E-state index in [2.05, 4.69) is 5.32 Å². The molecule has 1 fully saturated rings. The van der Waals surface area contributed by atoms with E-state index in [1.165, 1.54) is 21.3 Å². The van der Waals surface area contributed by atoms with E-state index in [1.54, 1.807) is 12.1 Å².